The van der Waals surface area contributed by atoms with E-state index in [2.05, 4.69) is 49.1 Å². The fourth-order valence-electron chi connectivity index (χ4n) is 3.11. The summed E-state index contributed by atoms with van der Waals surface area (Å²) in [4.78, 5) is 2.70. The first-order chi connectivity index (χ1) is 8.31. The van der Waals surface area contributed by atoms with E-state index in [1.54, 1.807) is 0 Å². The number of nitrogens with zero attached hydrogens (tertiary/aromatic N) is 1. The van der Waals surface area contributed by atoms with E-state index in [9.17, 15) is 0 Å². The highest BCUT2D eigenvalue weighted by atomic mass is 15.2. The van der Waals surface area contributed by atoms with Gasteiger partial charge in [-0.05, 0) is 37.3 Å². The summed E-state index contributed by atoms with van der Waals surface area (Å²) in [7, 11) is 0. The molecule has 2 atom stereocenters. The van der Waals surface area contributed by atoms with Gasteiger partial charge in [0, 0.05) is 12.6 Å². The maximum absolute atomic E-state index is 2.70. The average molecular weight is 231 g/mol. The van der Waals surface area contributed by atoms with Gasteiger partial charge in [0.25, 0.3) is 0 Å². The minimum Gasteiger partial charge on any atom is -0.296 e. The second-order valence-corrected chi connectivity index (χ2v) is 5.43. The van der Waals surface area contributed by atoms with E-state index in [1.165, 1.54) is 37.8 Å². The van der Waals surface area contributed by atoms with Crippen LogP contribution in [-0.2, 0) is 6.54 Å². The van der Waals surface area contributed by atoms with Gasteiger partial charge < -0.3 is 0 Å². The molecule has 2 rings (SSSR count). The first kappa shape index (κ1) is 12.6. The van der Waals surface area contributed by atoms with Gasteiger partial charge in [-0.2, -0.15) is 0 Å². The van der Waals surface area contributed by atoms with Crippen LogP contribution < -0.4 is 0 Å². The van der Waals surface area contributed by atoms with E-state index in [-0.39, 0.29) is 0 Å². The Morgan fingerprint density at radius 1 is 1.24 bits per heavy atom. The van der Waals surface area contributed by atoms with E-state index in [4.69, 9.17) is 0 Å². The molecule has 1 heterocycles. The van der Waals surface area contributed by atoms with E-state index < -0.39 is 0 Å². The third kappa shape index (κ3) is 3.32. The molecule has 0 spiro atoms. The van der Waals surface area contributed by atoms with Gasteiger partial charge >= 0.3 is 0 Å². The first-order valence-corrected chi connectivity index (χ1v) is 7.09. The lowest BCUT2D eigenvalue weighted by Crippen LogP contribution is -2.43. The molecule has 0 N–H and O–H groups in total. The van der Waals surface area contributed by atoms with Crippen LogP contribution in [0.1, 0.15) is 45.1 Å². The molecule has 0 bridgehead atoms. The van der Waals surface area contributed by atoms with E-state index in [1.807, 2.05) is 0 Å². The number of hydrogen-bond donors (Lipinski definition) is 0. The fourth-order valence-corrected chi connectivity index (χ4v) is 3.11. The molecule has 17 heavy (non-hydrogen) atoms. The Hall–Kier alpha value is -0.820. The number of piperidine rings is 1. The van der Waals surface area contributed by atoms with Gasteiger partial charge in [0.1, 0.15) is 0 Å². The van der Waals surface area contributed by atoms with Crippen LogP contribution in [0.25, 0.3) is 0 Å². The van der Waals surface area contributed by atoms with Crippen LogP contribution in [0, 0.1) is 5.92 Å². The van der Waals surface area contributed by atoms with Crippen LogP contribution in [0.4, 0.5) is 0 Å². The lowest BCUT2D eigenvalue weighted by atomic mass is 9.87. The quantitative estimate of drug-likeness (QED) is 0.754. The Balaban J connectivity index is 2.02. The number of benzene rings is 1. The summed E-state index contributed by atoms with van der Waals surface area (Å²) < 4.78 is 0. The molecular weight excluding hydrogens is 206 g/mol. The lowest BCUT2D eigenvalue weighted by Gasteiger charge is -2.40. The highest BCUT2D eigenvalue weighted by Crippen LogP contribution is 2.27. The molecule has 0 unspecified atom stereocenters. The fraction of sp³-hybridized carbons (Fsp3) is 0.625. The van der Waals surface area contributed by atoms with Crippen molar-refractivity contribution in [2.24, 2.45) is 5.92 Å². The van der Waals surface area contributed by atoms with Crippen LogP contribution in [0.15, 0.2) is 30.3 Å². The molecule has 0 aromatic heterocycles. The van der Waals surface area contributed by atoms with Crippen molar-refractivity contribution in [3.63, 3.8) is 0 Å². The normalized spacial score (nSPS) is 26.0. The maximum atomic E-state index is 2.70. The lowest BCUT2D eigenvalue weighted by molar-refractivity contribution is 0.0863. The summed E-state index contributed by atoms with van der Waals surface area (Å²) in [6.45, 7) is 7.15. The largest absolute Gasteiger partial charge is 0.296 e. The summed E-state index contributed by atoms with van der Waals surface area (Å²) in [5.74, 6) is 0.868. The Kier molecular flexibility index (Phi) is 4.61. The van der Waals surface area contributed by atoms with Gasteiger partial charge in [-0.1, -0.05) is 50.6 Å². The summed E-state index contributed by atoms with van der Waals surface area (Å²) >= 11 is 0. The number of hydrogen-bond acceptors (Lipinski definition) is 1. The maximum Gasteiger partial charge on any atom is 0.0236 e. The van der Waals surface area contributed by atoms with E-state index in [0.717, 1.165) is 18.5 Å². The van der Waals surface area contributed by atoms with E-state index in [0.29, 0.717) is 0 Å². The predicted molar refractivity (Wildman–Crippen MR) is 73.9 cm³/mol. The van der Waals surface area contributed by atoms with Crippen LogP contribution in [0.5, 0.6) is 0 Å². The molecule has 1 aliphatic heterocycles. The van der Waals surface area contributed by atoms with Gasteiger partial charge in [-0.25, -0.2) is 0 Å². The van der Waals surface area contributed by atoms with Gasteiger partial charge in [-0.15, -0.1) is 0 Å². The minimum absolute atomic E-state index is 0.800. The molecule has 1 aliphatic rings. The standard InChI is InChI=1S/C16H25N/c1-3-8-16-14(2)9-7-12-17(16)13-15-10-5-4-6-11-15/h4-6,10-11,14,16H,3,7-9,12-13H2,1-2H3/t14-,16-/m1/s1. The van der Waals surface area contributed by atoms with Crippen molar-refractivity contribution >= 4 is 0 Å². The molecule has 1 aromatic rings. The Bertz CT molecular complexity index is 320. The van der Waals surface area contributed by atoms with Crippen LogP contribution in [-0.4, -0.2) is 17.5 Å². The summed E-state index contributed by atoms with van der Waals surface area (Å²) in [5.41, 5.74) is 1.46. The average Bonchev–Trinajstić information content (AvgIpc) is 2.35. The smallest absolute Gasteiger partial charge is 0.0236 e. The zero-order valence-corrected chi connectivity index (χ0v) is 11.2. The van der Waals surface area contributed by atoms with Gasteiger partial charge in [0.05, 0.1) is 0 Å². The zero-order valence-electron chi connectivity index (χ0n) is 11.2. The first-order valence-electron chi connectivity index (χ1n) is 7.09. The summed E-state index contributed by atoms with van der Waals surface area (Å²) in [6, 6.07) is 11.7. The van der Waals surface area contributed by atoms with Crippen molar-refractivity contribution in [1.82, 2.24) is 4.90 Å². The number of likely N-dealkylation sites (tertiary alicyclic amines) is 1. The Labute approximate surface area is 106 Å². The molecule has 1 heteroatoms. The van der Waals surface area contributed by atoms with Crippen molar-refractivity contribution in [2.75, 3.05) is 6.54 Å². The number of rotatable bonds is 4. The second kappa shape index (κ2) is 6.20. The van der Waals surface area contributed by atoms with Crippen molar-refractivity contribution in [3.05, 3.63) is 35.9 Å². The molecule has 1 saturated heterocycles. The molecule has 0 aliphatic carbocycles. The SMILES string of the molecule is CCC[C@@H]1[C@H](C)CCCN1Cc1ccccc1. The Morgan fingerprint density at radius 3 is 2.71 bits per heavy atom. The molecule has 94 valence electrons. The van der Waals surface area contributed by atoms with Gasteiger partial charge in [0.2, 0.25) is 0 Å². The molecule has 0 radical (unpaired) electrons. The van der Waals surface area contributed by atoms with Crippen molar-refractivity contribution < 1.29 is 0 Å². The monoisotopic (exact) mass is 231 g/mol. The van der Waals surface area contributed by atoms with Crippen LogP contribution in [0.2, 0.25) is 0 Å². The topological polar surface area (TPSA) is 3.24 Å². The molecule has 0 amide bonds. The highest BCUT2D eigenvalue weighted by molar-refractivity contribution is 5.14. The third-order valence-electron chi connectivity index (χ3n) is 4.04. The van der Waals surface area contributed by atoms with E-state index >= 15 is 0 Å². The summed E-state index contributed by atoms with van der Waals surface area (Å²) in [5, 5.41) is 0. The van der Waals surface area contributed by atoms with Gasteiger partial charge in [-0.3, -0.25) is 4.90 Å². The molecule has 1 nitrogen and oxygen atoms in total. The zero-order chi connectivity index (χ0) is 12.1. The third-order valence-corrected chi connectivity index (χ3v) is 4.04. The molecule has 0 saturated carbocycles. The van der Waals surface area contributed by atoms with Crippen molar-refractivity contribution in [3.8, 4) is 0 Å². The van der Waals surface area contributed by atoms with Crippen LogP contribution in [0.3, 0.4) is 0 Å². The molecule has 1 fully saturated rings. The highest BCUT2D eigenvalue weighted by Gasteiger charge is 2.27. The molecule has 1 aromatic carbocycles. The predicted octanol–water partition coefficient (Wildman–Crippen LogP) is 4.09. The minimum atomic E-state index is 0.800. The molecular formula is C16H25N. The van der Waals surface area contributed by atoms with Crippen molar-refractivity contribution in [2.45, 2.75) is 52.1 Å². The van der Waals surface area contributed by atoms with Crippen molar-refractivity contribution in [1.29, 1.82) is 0 Å². The van der Waals surface area contributed by atoms with Crippen LogP contribution >= 0.6 is 0 Å². The second-order valence-electron chi connectivity index (χ2n) is 5.43. The van der Waals surface area contributed by atoms with Gasteiger partial charge in [0.15, 0.2) is 0 Å². The summed E-state index contributed by atoms with van der Waals surface area (Å²) in [6.07, 6.45) is 5.44. The Morgan fingerprint density at radius 2 is 2.00 bits per heavy atom.